The summed E-state index contributed by atoms with van der Waals surface area (Å²) in [5.41, 5.74) is 2.14. The molecule has 0 spiro atoms. The van der Waals surface area contributed by atoms with E-state index in [0.29, 0.717) is 13.2 Å². The predicted molar refractivity (Wildman–Crippen MR) is 109 cm³/mol. The van der Waals surface area contributed by atoms with Crippen molar-refractivity contribution >= 4 is 0 Å². The van der Waals surface area contributed by atoms with E-state index in [4.69, 9.17) is 14.7 Å². The highest BCUT2D eigenvalue weighted by Gasteiger charge is 2.15. The Labute approximate surface area is 163 Å². The normalized spacial score (nSPS) is 12.5. The fourth-order valence-electron chi connectivity index (χ4n) is 2.85. The van der Waals surface area contributed by atoms with Gasteiger partial charge < -0.3 is 9.47 Å². The first-order chi connectivity index (χ1) is 13.1. The summed E-state index contributed by atoms with van der Waals surface area (Å²) < 4.78 is 12.1. The second-order valence-corrected chi connectivity index (χ2v) is 7.59. The van der Waals surface area contributed by atoms with Crippen LogP contribution in [0.3, 0.4) is 0 Å². The Kier molecular flexibility index (Phi) is 9.04. The Morgan fingerprint density at radius 2 is 1.48 bits per heavy atom. The van der Waals surface area contributed by atoms with Gasteiger partial charge in [-0.25, -0.2) is 0 Å². The van der Waals surface area contributed by atoms with Gasteiger partial charge in [0.15, 0.2) is 6.29 Å². The van der Waals surface area contributed by atoms with Crippen LogP contribution in [0.1, 0.15) is 50.7 Å². The zero-order valence-corrected chi connectivity index (χ0v) is 16.6. The fourth-order valence-corrected chi connectivity index (χ4v) is 2.85. The molecule has 0 aliphatic rings. The molecule has 144 valence electrons. The standard InChI is InChI=1S/C24H31NO2/c1-24(2,20-25)16-10-5-11-17-26-23(18-21-12-6-3-7-13-21)27-19-22-14-8-4-9-15-22/h3-4,6-9,12-15,23H,5,10-11,16-19H2,1-2H3. The number of nitrogens with zero attached hydrogens (tertiary/aromatic N) is 1. The Bertz CT molecular complexity index is 677. The van der Waals surface area contributed by atoms with Crippen LogP contribution in [-0.4, -0.2) is 12.9 Å². The molecule has 0 aliphatic carbocycles. The van der Waals surface area contributed by atoms with Crippen LogP contribution in [0.2, 0.25) is 0 Å². The maximum absolute atomic E-state index is 9.07. The number of unbranched alkanes of at least 4 members (excludes halogenated alkanes) is 2. The van der Waals surface area contributed by atoms with Gasteiger partial charge in [0.1, 0.15) is 0 Å². The second-order valence-electron chi connectivity index (χ2n) is 7.59. The molecule has 0 heterocycles. The van der Waals surface area contributed by atoms with E-state index < -0.39 is 0 Å². The minimum atomic E-state index is -0.247. The number of ether oxygens (including phenoxy) is 2. The minimum absolute atomic E-state index is 0.227. The molecule has 0 radical (unpaired) electrons. The molecule has 2 rings (SSSR count). The van der Waals surface area contributed by atoms with Crippen LogP contribution >= 0.6 is 0 Å². The highest BCUT2D eigenvalue weighted by Crippen LogP contribution is 2.22. The van der Waals surface area contributed by atoms with Crippen molar-refractivity contribution in [3.63, 3.8) is 0 Å². The van der Waals surface area contributed by atoms with E-state index in [1.165, 1.54) is 5.56 Å². The summed E-state index contributed by atoms with van der Waals surface area (Å²) in [7, 11) is 0. The summed E-state index contributed by atoms with van der Waals surface area (Å²) in [4.78, 5) is 0. The molecular formula is C24H31NO2. The minimum Gasteiger partial charge on any atom is -0.352 e. The van der Waals surface area contributed by atoms with Crippen LogP contribution in [0.4, 0.5) is 0 Å². The topological polar surface area (TPSA) is 42.2 Å². The van der Waals surface area contributed by atoms with Gasteiger partial charge in [0.05, 0.1) is 18.1 Å². The average Bonchev–Trinajstić information content (AvgIpc) is 2.70. The van der Waals surface area contributed by atoms with Crippen molar-refractivity contribution in [3.05, 3.63) is 71.8 Å². The lowest BCUT2D eigenvalue weighted by Crippen LogP contribution is -2.21. The zero-order valence-electron chi connectivity index (χ0n) is 16.6. The van der Waals surface area contributed by atoms with Gasteiger partial charge in [-0.15, -0.1) is 0 Å². The molecule has 1 unspecified atom stereocenters. The van der Waals surface area contributed by atoms with Crippen molar-refractivity contribution in [2.75, 3.05) is 6.61 Å². The van der Waals surface area contributed by atoms with Crippen LogP contribution < -0.4 is 0 Å². The molecule has 0 bridgehead atoms. The van der Waals surface area contributed by atoms with E-state index >= 15 is 0 Å². The number of rotatable bonds is 12. The SMILES string of the molecule is CC(C)(C#N)CCCCCOC(Cc1ccccc1)OCc1ccccc1. The monoisotopic (exact) mass is 365 g/mol. The van der Waals surface area contributed by atoms with Crippen LogP contribution in [0.25, 0.3) is 0 Å². The molecule has 3 nitrogen and oxygen atoms in total. The quantitative estimate of drug-likeness (QED) is 0.347. The van der Waals surface area contributed by atoms with Crippen molar-refractivity contribution in [1.82, 2.24) is 0 Å². The lowest BCUT2D eigenvalue weighted by molar-refractivity contribution is -0.149. The third-order valence-electron chi connectivity index (χ3n) is 4.58. The summed E-state index contributed by atoms with van der Waals surface area (Å²) in [6, 6.07) is 22.9. The Hall–Kier alpha value is -2.15. The van der Waals surface area contributed by atoms with Gasteiger partial charge in [-0.2, -0.15) is 5.26 Å². The van der Waals surface area contributed by atoms with Crippen molar-refractivity contribution in [1.29, 1.82) is 5.26 Å². The second kappa shape index (κ2) is 11.5. The number of hydrogen-bond donors (Lipinski definition) is 0. The molecule has 0 saturated heterocycles. The first-order valence-electron chi connectivity index (χ1n) is 9.81. The number of nitriles is 1. The molecule has 2 aromatic carbocycles. The number of hydrogen-bond acceptors (Lipinski definition) is 3. The summed E-state index contributed by atoms with van der Waals surface area (Å²) in [5, 5.41) is 9.07. The van der Waals surface area contributed by atoms with E-state index in [9.17, 15) is 0 Å². The third-order valence-corrected chi connectivity index (χ3v) is 4.58. The van der Waals surface area contributed by atoms with E-state index in [-0.39, 0.29) is 11.7 Å². The van der Waals surface area contributed by atoms with Crippen molar-refractivity contribution in [3.8, 4) is 6.07 Å². The van der Waals surface area contributed by atoms with Crippen molar-refractivity contribution in [2.45, 2.75) is 58.8 Å². The maximum atomic E-state index is 9.07. The average molecular weight is 366 g/mol. The molecular weight excluding hydrogens is 334 g/mol. The third kappa shape index (κ3) is 8.86. The van der Waals surface area contributed by atoms with Gasteiger partial charge >= 0.3 is 0 Å². The lowest BCUT2D eigenvalue weighted by Gasteiger charge is -2.19. The summed E-state index contributed by atoms with van der Waals surface area (Å²) in [6.45, 7) is 5.22. The highest BCUT2D eigenvalue weighted by atomic mass is 16.7. The van der Waals surface area contributed by atoms with Crippen molar-refractivity contribution < 1.29 is 9.47 Å². The lowest BCUT2D eigenvalue weighted by atomic mass is 9.89. The summed E-state index contributed by atoms with van der Waals surface area (Å²) in [5.74, 6) is 0. The van der Waals surface area contributed by atoms with E-state index in [1.54, 1.807) is 0 Å². The smallest absolute Gasteiger partial charge is 0.162 e. The Balaban J connectivity index is 1.76. The molecule has 27 heavy (non-hydrogen) atoms. The number of benzene rings is 2. The Morgan fingerprint density at radius 3 is 2.11 bits per heavy atom. The van der Waals surface area contributed by atoms with Crippen LogP contribution in [0, 0.1) is 16.7 Å². The van der Waals surface area contributed by atoms with Gasteiger partial charge in [0.2, 0.25) is 0 Å². The van der Waals surface area contributed by atoms with Gasteiger partial charge in [-0.1, -0.05) is 73.5 Å². The molecule has 0 aliphatic heterocycles. The van der Waals surface area contributed by atoms with Gasteiger partial charge in [0, 0.05) is 13.0 Å². The van der Waals surface area contributed by atoms with Gasteiger partial charge in [-0.3, -0.25) is 0 Å². The van der Waals surface area contributed by atoms with Crippen LogP contribution in [-0.2, 0) is 22.5 Å². The Morgan fingerprint density at radius 1 is 0.852 bits per heavy atom. The first kappa shape index (κ1) is 21.2. The molecule has 0 saturated carbocycles. The largest absolute Gasteiger partial charge is 0.352 e. The molecule has 0 aromatic heterocycles. The molecule has 1 atom stereocenters. The molecule has 2 aromatic rings. The summed E-state index contributed by atoms with van der Waals surface area (Å²) >= 11 is 0. The van der Waals surface area contributed by atoms with E-state index in [0.717, 1.165) is 37.7 Å². The highest BCUT2D eigenvalue weighted by molar-refractivity contribution is 5.15. The maximum Gasteiger partial charge on any atom is 0.162 e. The molecule has 0 fully saturated rings. The van der Waals surface area contributed by atoms with Crippen molar-refractivity contribution in [2.24, 2.45) is 5.41 Å². The van der Waals surface area contributed by atoms with Gasteiger partial charge in [0.25, 0.3) is 0 Å². The van der Waals surface area contributed by atoms with E-state index in [2.05, 4.69) is 30.3 Å². The fraction of sp³-hybridized carbons (Fsp3) is 0.458. The molecule has 0 N–H and O–H groups in total. The first-order valence-corrected chi connectivity index (χ1v) is 9.81. The molecule has 3 heteroatoms. The van der Waals surface area contributed by atoms with Crippen LogP contribution in [0.15, 0.2) is 60.7 Å². The van der Waals surface area contributed by atoms with E-state index in [1.807, 2.05) is 50.2 Å². The van der Waals surface area contributed by atoms with Crippen LogP contribution in [0.5, 0.6) is 0 Å². The zero-order chi connectivity index (χ0) is 19.4. The summed E-state index contributed by atoms with van der Waals surface area (Å²) in [6.07, 6.45) is 4.54. The molecule has 0 amide bonds. The predicted octanol–water partition coefficient (Wildman–Crippen LogP) is 5.90. The van der Waals surface area contributed by atoms with Gasteiger partial charge in [-0.05, 0) is 37.8 Å².